The fourth-order valence-electron chi connectivity index (χ4n) is 17.7. The molecule has 9 saturated carbocycles. The number of hydrogen-bond acceptors (Lipinski definition) is 24. The fourth-order valence-corrected chi connectivity index (χ4v) is 17.7. The van der Waals surface area contributed by atoms with Gasteiger partial charge in [-0.15, -0.1) is 0 Å². The zero-order valence-corrected chi connectivity index (χ0v) is 64.2. The number of hydrogen-bond donors (Lipinski definition) is 0. The summed E-state index contributed by atoms with van der Waals surface area (Å²) in [6.07, 6.45) is 13.0. The van der Waals surface area contributed by atoms with E-state index < -0.39 is 67.9 Å². The average molecular weight is 1610 g/mol. The molecule has 22 unspecified atom stereocenters. The Morgan fingerprint density at radius 2 is 0.841 bits per heavy atom. The summed E-state index contributed by atoms with van der Waals surface area (Å²) >= 11 is 0. The van der Waals surface area contributed by atoms with Gasteiger partial charge in [-0.05, 0) is 199 Å². The van der Waals surface area contributed by atoms with E-state index in [1.54, 1.807) is 13.8 Å². The zero-order chi connectivity index (χ0) is 75.8. The van der Waals surface area contributed by atoms with Crippen molar-refractivity contribution in [2.24, 2.45) is 98.1 Å². The quantitative estimate of drug-likeness (QED) is 0.0807. The maximum absolute atomic E-state index is 12.6. The summed E-state index contributed by atoms with van der Waals surface area (Å²) in [5, 5.41) is 0. The molecule has 8 heterocycles. The Hall–Kier alpha value is -6.36. The lowest BCUT2D eigenvalue weighted by Gasteiger charge is -2.48. The fraction of sp³-hybridized carbons (Fsp3) is 0.865. The van der Waals surface area contributed by atoms with Gasteiger partial charge in [0.15, 0.2) is 0 Å². The molecule has 24 heteroatoms. The van der Waals surface area contributed by atoms with Crippen LogP contribution in [0.1, 0.15) is 327 Å². The number of carbonyl (C=O) groups is 12. The maximum Gasteiger partial charge on any atom is 0.350 e. The Morgan fingerprint density at radius 3 is 1.33 bits per heavy atom. The Labute approximate surface area is 680 Å². The van der Waals surface area contributed by atoms with Crippen molar-refractivity contribution in [3.63, 3.8) is 0 Å². The first-order valence-corrected chi connectivity index (χ1v) is 38.5. The van der Waals surface area contributed by atoms with Gasteiger partial charge in [-0.1, -0.05) is 109 Å². The standard InChI is InChI=1S/C18H26O6.C17H24O6.C16H24O4.C14H20O4.C14H22O4.10CH4/c1-6-17(2,3)15(20)24-18(4,5)16(21)23-12-9-7-10-11(8-9)14(19)22-13(10)12;1-4-17(2,3)16(20)21-6-5-12(18)22-13-9-7-10-11(8-9)15(19)23-14(10)13;1-4-15(2,3)14(18)20-16-7-10-5-11(8-16)13(17)19-12(6-10)9-16;1-4-14(2,3)13(16)18-11-8-5-7-6-9(8)12(15)17-10(7)11;1-5-13(2,3)12(16)17-10-8-9-6-7-14(10,4)18-11(9)15;;;;;;;;;;/h9-13H,6-8H2,1-5H3;9-11,13-14H,4-8H2,1-3H3;10-12H,4-9H2,1-3H3;7-11H,4-6H2,1-3H3;9-10H,5-8H2,1-4H3;10*1H4. The Morgan fingerprint density at radius 1 is 0.407 bits per heavy atom. The van der Waals surface area contributed by atoms with E-state index in [-0.39, 0.29) is 243 Å². The Bertz CT molecular complexity index is 3280. The van der Waals surface area contributed by atoms with Crippen LogP contribution >= 0.6 is 0 Å². The number of rotatable bonds is 20. The van der Waals surface area contributed by atoms with Crippen molar-refractivity contribution >= 4 is 71.6 Å². The molecule has 8 aliphatic heterocycles. The molecule has 8 saturated heterocycles. The van der Waals surface area contributed by atoms with Crippen LogP contribution in [0.2, 0.25) is 0 Å². The smallest absolute Gasteiger partial charge is 0.350 e. The number of esters is 12. The van der Waals surface area contributed by atoms with Crippen LogP contribution in [-0.2, 0) is 114 Å². The average Bonchev–Trinajstić information content (AvgIpc) is 1.60. The predicted octanol–water partition coefficient (Wildman–Crippen LogP) is 17.7. The molecule has 22 atom stereocenters. The summed E-state index contributed by atoms with van der Waals surface area (Å²) in [6.45, 7) is 33.3. The predicted molar refractivity (Wildman–Crippen MR) is 432 cm³/mol. The molecular weight excluding hydrogens is 1450 g/mol. The molecule has 0 aromatic rings. The molecule has 0 aromatic heterocycles. The largest absolute Gasteiger partial charge is 0.465 e. The highest BCUT2D eigenvalue weighted by atomic mass is 16.6. The molecule has 24 nitrogen and oxygen atoms in total. The summed E-state index contributed by atoms with van der Waals surface area (Å²) in [5.74, 6) is -1.12. The van der Waals surface area contributed by atoms with Crippen LogP contribution in [0.4, 0.5) is 0 Å². The number of ether oxygens (including phenoxy) is 12. The molecule has 0 aromatic carbocycles. The van der Waals surface area contributed by atoms with Crippen molar-refractivity contribution in [1.29, 1.82) is 0 Å². The van der Waals surface area contributed by atoms with Gasteiger partial charge < -0.3 is 56.8 Å². The van der Waals surface area contributed by atoms with E-state index in [0.29, 0.717) is 43.9 Å². The van der Waals surface area contributed by atoms with Crippen molar-refractivity contribution in [2.45, 2.75) is 393 Å². The summed E-state index contributed by atoms with van der Waals surface area (Å²) in [4.78, 5) is 144. The van der Waals surface area contributed by atoms with Gasteiger partial charge in [-0.2, -0.15) is 0 Å². The summed E-state index contributed by atoms with van der Waals surface area (Å²) in [7, 11) is 0. The van der Waals surface area contributed by atoms with Gasteiger partial charge in [-0.25, -0.2) is 4.79 Å². The van der Waals surface area contributed by atoms with Crippen LogP contribution in [0.5, 0.6) is 0 Å². The molecule has 17 aliphatic rings. The molecule has 113 heavy (non-hydrogen) atoms. The highest BCUT2D eigenvalue weighted by Crippen LogP contribution is 2.59. The molecule has 0 N–H and O–H groups in total. The van der Waals surface area contributed by atoms with Crippen molar-refractivity contribution in [3.05, 3.63) is 0 Å². The summed E-state index contributed by atoms with van der Waals surface area (Å²) in [5.41, 5.74) is -5.02. The molecule has 0 radical (unpaired) electrons. The Balaban J connectivity index is 0.00000136. The maximum atomic E-state index is 12.6. The van der Waals surface area contributed by atoms with E-state index in [2.05, 4.69) is 0 Å². The molecule has 0 amide bonds. The zero-order valence-electron chi connectivity index (χ0n) is 64.2. The molecule has 9 aliphatic carbocycles. The summed E-state index contributed by atoms with van der Waals surface area (Å²) < 4.78 is 66.0. The highest BCUT2D eigenvalue weighted by molar-refractivity contribution is 5.85. The minimum atomic E-state index is -1.37. The minimum Gasteiger partial charge on any atom is -0.465 e. The van der Waals surface area contributed by atoms with Gasteiger partial charge >= 0.3 is 71.6 Å². The van der Waals surface area contributed by atoms with E-state index in [9.17, 15) is 57.5 Å². The third-order valence-electron chi connectivity index (χ3n) is 26.7. The molecule has 17 rings (SSSR count). The molecule has 656 valence electrons. The number of carbonyl (C=O) groups excluding carboxylic acids is 12. The van der Waals surface area contributed by atoms with Crippen molar-refractivity contribution in [2.75, 3.05) is 6.61 Å². The van der Waals surface area contributed by atoms with Crippen molar-refractivity contribution in [3.8, 4) is 0 Å². The minimum absolute atomic E-state index is 0. The van der Waals surface area contributed by atoms with Crippen LogP contribution < -0.4 is 0 Å². The van der Waals surface area contributed by atoms with Crippen molar-refractivity contribution in [1.82, 2.24) is 0 Å². The van der Waals surface area contributed by atoms with Gasteiger partial charge in [0.2, 0.25) is 5.60 Å². The van der Waals surface area contributed by atoms with E-state index >= 15 is 0 Å². The van der Waals surface area contributed by atoms with E-state index in [1.165, 1.54) is 13.8 Å². The normalized spacial score (nSPS) is 33.4. The summed E-state index contributed by atoms with van der Waals surface area (Å²) in [6, 6.07) is 0. The van der Waals surface area contributed by atoms with Crippen LogP contribution in [0, 0.1) is 98.1 Å². The first-order chi connectivity index (χ1) is 47.9. The van der Waals surface area contributed by atoms with Gasteiger partial charge in [-0.3, -0.25) is 52.7 Å². The Kier molecular flexibility index (Phi) is 37.5. The third-order valence-corrected chi connectivity index (χ3v) is 26.7. The van der Waals surface area contributed by atoms with Crippen molar-refractivity contribution < 1.29 is 114 Å². The molecule has 14 bridgehead atoms. The first kappa shape index (κ1) is 107. The second-order valence-corrected chi connectivity index (χ2v) is 36.3. The molecule has 0 spiro atoms. The second kappa shape index (κ2) is 39.7. The molecular formula is C89H156O24. The van der Waals surface area contributed by atoms with Gasteiger partial charge in [0.1, 0.15) is 66.6 Å². The van der Waals surface area contributed by atoms with Gasteiger partial charge in [0.25, 0.3) is 0 Å². The van der Waals surface area contributed by atoms with Crippen LogP contribution in [0.25, 0.3) is 0 Å². The number of fused-ring (bicyclic) bond motifs is 7. The van der Waals surface area contributed by atoms with Crippen LogP contribution in [0.15, 0.2) is 0 Å². The highest BCUT2D eigenvalue weighted by Gasteiger charge is 2.67. The third kappa shape index (κ3) is 21.7. The SMILES string of the molecule is C.C.C.C.C.C.C.C.C.C.CCC(C)(C)C(=O)OC(C)(C)C(=O)OC1C2CC3C(=O)OC1C3C2.CCC(C)(C)C(=O)OC12CC3CC(C1)OC(=O)C(C3)C2.CCC(C)(C)C(=O)OC1C2CC3CC2C(=O)OC31.CCC(C)(C)C(=O)OC1CC2CCC1(C)OC2=O.CCC(C)(C)C(=O)OCCC(=O)OC1C2CC3C(=O)OC1C3C2. The lowest BCUT2D eigenvalue weighted by molar-refractivity contribution is -0.221. The first-order valence-electron chi connectivity index (χ1n) is 38.5. The monoisotopic (exact) mass is 1610 g/mol. The van der Waals surface area contributed by atoms with Crippen LogP contribution in [0.3, 0.4) is 0 Å². The topological polar surface area (TPSA) is 316 Å². The van der Waals surface area contributed by atoms with E-state index in [0.717, 1.165) is 89.9 Å². The van der Waals surface area contributed by atoms with E-state index in [1.807, 2.05) is 96.9 Å². The van der Waals surface area contributed by atoms with E-state index in [4.69, 9.17) is 56.8 Å². The second-order valence-electron chi connectivity index (χ2n) is 36.3. The molecule has 17 fully saturated rings. The van der Waals surface area contributed by atoms with Crippen LogP contribution in [-0.4, -0.2) is 144 Å². The lowest BCUT2D eigenvalue weighted by atomic mass is 9.65. The lowest BCUT2D eigenvalue weighted by Crippen LogP contribution is -2.57. The van der Waals surface area contributed by atoms with Gasteiger partial charge in [0, 0.05) is 54.8 Å². The van der Waals surface area contributed by atoms with Gasteiger partial charge in [0.05, 0.1) is 63.1 Å².